The highest BCUT2D eigenvalue weighted by Gasteiger charge is 2.30. The van der Waals surface area contributed by atoms with E-state index >= 15 is 0 Å². The molecule has 1 aromatic rings. The van der Waals surface area contributed by atoms with E-state index in [2.05, 4.69) is 15.9 Å². The number of morpholine rings is 1. The maximum Gasteiger partial charge on any atom is 0.334 e. The van der Waals surface area contributed by atoms with Crippen molar-refractivity contribution in [2.75, 3.05) is 26.8 Å². The van der Waals surface area contributed by atoms with Gasteiger partial charge in [0.05, 0.1) is 25.8 Å². The number of ether oxygens (including phenoxy) is 2. The van der Waals surface area contributed by atoms with Gasteiger partial charge in [0.1, 0.15) is 5.75 Å². The molecule has 1 heterocycles. The summed E-state index contributed by atoms with van der Waals surface area (Å²) in [5, 5.41) is 8.95. The van der Waals surface area contributed by atoms with Gasteiger partial charge in [-0.1, -0.05) is 0 Å². The van der Waals surface area contributed by atoms with Gasteiger partial charge in [-0.05, 0) is 34.1 Å². The molecule has 1 N–H and O–H groups in total. The lowest BCUT2D eigenvalue weighted by Gasteiger charge is -2.31. The Bertz CT molecular complexity index is 533. The summed E-state index contributed by atoms with van der Waals surface area (Å²) in [5.74, 6) is -0.739. The quantitative estimate of drug-likeness (QED) is 0.897. The minimum Gasteiger partial charge on any atom is -0.497 e. The zero-order valence-corrected chi connectivity index (χ0v) is 12.4. The van der Waals surface area contributed by atoms with Crippen LogP contribution in [-0.4, -0.2) is 54.8 Å². The molecule has 0 saturated carbocycles. The molecule has 1 saturated heterocycles. The third-order valence-electron chi connectivity index (χ3n) is 3.03. The number of carboxylic acid groups (broad SMARTS) is 1. The summed E-state index contributed by atoms with van der Waals surface area (Å²) < 4.78 is 10.8. The number of methoxy groups -OCH3 is 1. The minimum atomic E-state index is -1.06. The Kier molecular flexibility index (Phi) is 4.61. The summed E-state index contributed by atoms with van der Waals surface area (Å²) in [5.41, 5.74) is 0.440. The van der Waals surface area contributed by atoms with Crippen LogP contribution in [0.3, 0.4) is 0 Å². The average Bonchev–Trinajstić information content (AvgIpc) is 2.47. The van der Waals surface area contributed by atoms with Crippen LogP contribution in [0.2, 0.25) is 0 Å². The number of carbonyl (C=O) groups is 2. The Balaban J connectivity index is 2.20. The standard InChI is InChI=1S/C13H14BrNO5/c1-19-8-2-3-10(14)9(6-8)12(16)15-4-5-20-11(7-15)13(17)18/h2-3,6,11H,4-5,7H2,1H3,(H,17,18)/t11-/m0/s1. The van der Waals surface area contributed by atoms with Crippen molar-refractivity contribution in [1.29, 1.82) is 0 Å². The monoisotopic (exact) mass is 343 g/mol. The molecule has 0 aliphatic carbocycles. The van der Waals surface area contributed by atoms with E-state index in [9.17, 15) is 9.59 Å². The maximum absolute atomic E-state index is 12.4. The van der Waals surface area contributed by atoms with Crippen LogP contribution < -0.4 is 4.74 Å². The van der Waals surface area contributed by atoms with E-state index in [0.29, 0.717) is 22.3 Å². The first kappa shape index (κ1) is 14.8. The van der Waals surface area contributed by atoms with Gasteiger partial charge in [0.25, 0.3) is 5.91 Å². The zero-order valence-electron chi connectivity index (χ0n) is 10.8. The normalized spacial score (nSPS) is 18.7. The molecule has 1 atom stereocenters. The van der Waals surface area contributed by atoms with E-state index in [-0.39, 0.29) is 19.1 Å². The Labute approximate surface area is 124 Å². The van der Waals surface area contributed by atoms with Crippen molar-refractivity contribution in [2.45, 2.75) is 6.10 Å². The van der Waals surface area contributed by atoms with Crippen molar-refractivity contribution in [1.82, 2.24) is 4.90 Å². The van der Waals surface area contributed by atoms with E-state index in [1.54, 1.807) is 18.2 Å². The summed E-state index contributed by atoms with van der Waals surface area (Å²) in [7, 11) is 1.52. The van der Waals surface area contributed by atoms with E-state index in [0.717, 1.165) is 0 Å². The Morgan fingerprint density at radius 3 is 2.90 bits per heavy atom. The van der Waals surface area contributed by atoms with Crippen LogP contribution in [0.1, 0.15) is 10.4 Å². The fourth-order valence-electron chi connectivity index (χ4n) is 1.95. The number of carbonyl (C=O) groups excluding carboxylic acids is 1. The van der Waals surface area contributed by atoms with Gasteiger partial charge in [-0.15, -0.1) is 0 Å². The molecule has 20 heavy (non-hydrogen) atoms. The van der Waals surface area contributed by atoms with E-state index in [1.807, 2.05) is 0 Å². The number of carboxylic acids is 1. The highest BCUT2D eigenvalue weighted by molar-refractivity contribution is 9.10. The lowest BCUT2D eigenvalue weighted by Crippen LogP contribution is -2.48. The molecule has 0 bridgehead atoms. The molecule has 1 amide bonds. The highest BCUT2D eigenvalue weighted by Crippen LogP contribution is 2.24. The van der Waals surface area contributed by atoms with Crippen LogP contribution in [0.4, 0.5) is 0 Å². The number of hydrogen-bond donors (Lipinski definition) is 1. The summed E-state index contributed by atoms with van der Waals surface area (Å²) in [4.78, 5) is 24.9. The first-order valence-electron chi connectivity index (χ1n) is 6.00. The predicted molar refractivity (Wildman–Crippen MR) is 74.0 cm³/mol. The summed E-state index contributed by atoms with van der Waals surface area (Å²) in [6, 6.07) is 5.08. The number of rotatable bonds is 3. The van der Waals surface area contributed by atoms with Gasteiger partial charge in [-0.2, -0.15) is 0 Å². The fourth-order valence-corrected chi connectivity index (χ4v) is 2.36. The van der Waals surface area contributed by atoms with Crippen LogP contribution in [0, 0.1) is 0 Å². The summed E-state index contributed by atoms with van der Waals surface area (Å²) in [6.45, 7) is 0.619. The lowest BCUT2D eigenvalue weighted by molar-refractivity contribution is -0.154. The number of benzene rings is 1. The first-order chi connectivity index (χ1) is 9.52. The Hall–Kier alpha value is -1.60. The SMILES string of the molecule is COc1ccc(Br)c(C(=O)N2CCO[C@H](C(=O)O)C2)c1. The van der Waals surface area contributed by atoms with Gasteiger partial charge in [-0.25, -0.2) is 4.79 Å². The molecule has 1 aliphatic rings. The number of halogens is 1. The van der Waals surface area contributed by atoms with Gasteiger partial charge in [0.15, 0.2) is 6.10 Å². The second kappa shape index (κ2) is 6.23. The number of amides is 1. The second-order valence-corrected chi connectivity index (χ2v) is 5.15. The molecular weight excluding hydrogens is 330 g/mol. The van der Waals surface area contributed by atoms with Gasteiger partial charge >= 0.3 is 5.97 Å². The molecule has 0 radical (unpaired) electrons. The smallest absolute Gasteiger partial charge is 0.334 e. The number of nitrogens with zero attached hydrogens (tertiary/aromatic N) is 1. The van der Waals surface area contributed by atoms with Crippen molar-refractivity contribution in [3.63, 3.8) is 0 Å². The molecule has 0 spiro atoms. The average molecular weight is 344 g/mol. The fraction of sp³-hybridized carbons (Fsp3) is 0.385. The molecule has 0 unspecified atom stereocenters. The third kappa shape index (κ3) is 3.10. The molecule has 7 heteroatoms. The van der Waals surface area contributed by atoms with Gasteiger partial charge in [0.2, 0.25) is 0 Å². The van der Waals surface area contributed by atoms with E-state index in [1.165, 1.54) is 12.0 Å². The van der Waals surface area contributed by atoms with E-state index < -0.39 is 12.1 Å². The highest BCUT2D eigenvalue weighted by atomic mass is 79.9. The molecule has 2 rings (SSSR count). The molecule has 6 nitrogen and oxygen atoms in total. The van der Waals surface area contributed by atoms with Gasteiger partial charge < -0.3 is 19.5 Å². The van der Waals surface area contributed by atoms with Crippen molar-refractivity contribution >= 4 is 27.8 Å². The molecule has 1 aromatic carbocycles. The van der Waals surface area contributed by atoms with Gasteiger partial charge in [-0.3, -0.25) is 4.79 Å². The molecule has 0 aromatic heterocycles. The molecule has 1 aliphatic heterocycles. The van der Waals surface area contributed by atoms with Crippen LogP contribution in [-0.2, 0) is 9.53 Å². The van der Waals surface area contributed by atoms with Gasteiger partial charge in [0, 0.05) is 11.0 Å². The topological polar surface area (TPSA) is 76.1 Å². The van der Waals surface area contributed by atoms with Crippen molar-refractivity contribution in [3.05, 3.63) is 28.2 Å². The van der Waals surface area contributed by atoms with Crippen LogP contribution in [0.5, 0.6) is 5.75 Å². The Morgan fingerprint density at radius 2 is 2.25 bits per heavy atom. The van der Waals surface area contributed by atoms with Crippen molar-refractivity contribution in [3.8, 4) is 5.75 Å². The summed E-state index contributed by atoms with van der Waals surface area (Å²) >= 11 is 3.32. The zero-order chi connectivity index (χ0) is 14.7. The first-order valence-corrected chi connectivity index (χ1v) is 6.79. The molecule has 1 fully saturated rings. The predicted octanol–water partition coefficient (Wildman–Crippen LogP) is 1.38. The van der Waals surface area contributed by atoms with Crippen molar-refractivity contribution < 1.29 is 24.2 Å². The second-order valence-electron chi connectivity index (χ2n) is 4.29. The van der Waals surface area contributed by atoms with Crippen molar-refractivity contribution in [2.24, 2.45) is 0 Å². The summed E-state index contributed by atoms with van der Waals surface area (Å²) in [6.07, 6.45) is -0.975. The van der Waals surface area contributed by atoms with Crippen LogP contribution >= 0.6 is 15.9 Å². The molecular formula is C13H14BrNO5. The maximum atomic E-state index is 12.4. The molecule has 108 valence electrons. The van der Waals surface area contributed by atoms with E-state index in [4.69, 9.17) is 14.6 Å². The Morgan fingerprint density at radius 1 is 1.50 bits per heavy atom. The lowest BCUT2D eigenvalue weighted by atomic mass is 10.1. The largest absolute Gasteiger partial charge is 0.497 e. The number of hydrogen-bond acceptors (Lipinski definition) is 4. The number of aliphatic carboxylic acids is 1. The van der Waals surface area contributed by atoms with Crippen LogP contribution in [0.15, 0.2) is 22.7 Å². The third-order valence-corrected chi connectivity index (χ3v) is 3.72. The van der Waals surface area contributed by atoms with Crippen LogP contribution in [0.25, 0.3) is 0 Å². The minimum absolute atomic E-state index is 0.0395.